The Labute approximate surface area is 148 Å². The first kappa shape index (κ1) is 14.5. The fraction of sp³-hybridized carbons (Fsp3) is 0.263. The zero-order valence-electron chi connectivity index (χ0n) is 13.1. The maximum atomic E-state index is 12.7. The number of hydrogen-bond donors (Lipinski definition) is 0. The van der Waals surface area contributed by atoms with Crippen LogP contribution in [0.4, 0.5) is 0 Å². The summed E-state index contributed by atoms with van der Waals surface area (Å²) >= 11 is 3.34. The standard InChI is InChI=1S/C19H16N2OS2/c22-17-16-13-8-4-5-9-15(13)24-18(16)21-14(10-11-23-19(21)20-17)12-6-2-1-3-7-12/h1-3,6-7,10-11,14H,4-5,8-9H2/t14-/m0/s1. The molecule has 0 fully saturated rings. The summed E-state index contributed by atoms with van der Waals surface area (Å²) in [6, 6.07) is 10.6. The van der Waals surface area contributed by atoms with Gasteiger partial charge in [-0.25, -0.2) is 0 Å². The van der Waals surface area contributed by atoms with Gasteiger partial charge in [0, 0.05) is 4.88 Å². The minimum atomic E-state index is -0.0507. The molecule has 0 N–H and O–H groups in total. The topological polar surface area (TPSA) is 34.9 Å². The van der Waals surface area contributed by atoms with Crippen LogP contribution in [0.15, 0.2) is 51.8 Å². The number of allylic oxidation sites excluding steroid dienone is 1. The van der Waals surface area contributed by atoms with E-state index in [4.69, 9.17) is 0 Å². The molecule has 1 aromatic carbocycles. The molecular weight excluding hydrogens is 336 g/mol. The number of nitrogens with zero attached hydrogens (tertiary/aromatic N) is 2. The van der Waals surface area contributed by atoms with Gasteiger partial charge in [0.05, 0.1) is 11.4 Å². The second kappa shape index (κ2) is 5.60. The van der Waals surface area contributed by atoms with Crippen LogP contribution in [0.3, 0.4) is 0 Å². The Morgan fingerprint density at radius 3 is 2.83 bits per heavy atom. The number of aromatic nitrogens is 2. The molecule has 2 aromatic heterocycles. The van der Waals surface area contributed by atoms with Gasteiger partial charge in [0.25, 0.3) is 5.56 Å². The molecule has 5 heteroatoms. The van der Waals surface area contributed by atoms with Gasteiger partial charge in [0.15, 0.2) is 5.16 Å². The highest BCUT2D eigenvalue weighted by Gasteiger charge is 2.26. The van der Waals surface area contributed by atoms with E-state index in [2.05, 4.69) is 45.3 Å². The number of benzene rings is 1. The van der Waals surface area contributed by atoms with Crippen LogP contribution in [0.25, 0.3) is 10.2 Å². The summed E-state index contributed by atoms with van der Waals surface area (Å²) in [5.41, 5.74) is 2.44. The van der Waals surface area contributed by atoms with Gasteiger partial charge in [-0.3, -0.25) is 4.79 Å². The first-order valence-electron chi connectivity index (χ1n) is 8.28. The predicted molar refractivity (Wildman–Crippen MR) is 100 cm³/mol. The summed E-state index contributed by atoms with van der Waals surface area (Å²) in [7, 11) is 0. The summed E-state index contributed by atoms with van der Waals surface area (Å²) in [4.78, 5) is 19.6. The number of aryl methyl sites for hydroxylation is 2. The monoisotopic (exact) mass is 352 g/mol. The smallest absolute Gasteiger partial charge is 0.282 e. The van der Waals surface area contributed by atoms with Gasteiger partial charge in [-0.05, 0) is 42.2 Å². The normalized spacial score (nSPS) is 19.2. The highest BCUT2D eigenvalue weighted by Crippen LogP contribution is 2.40. The van der Waals surface area contributed by atoms with E-state index in [1.165, 1.54) is 28.8 Å². The van der Waals surface area contributed by atoms with E-state index in [0.29, 0.717) is 0 Å². The molecule has 24 heavy (non-hydrogen) atoms. The Morgan fingerprint density at radius 2 is 1.96 bits per heavy atom. The number of thiophene rings is 1. The molecule has 2 aliphatic rings. The molecular formula is C19H16N2OS2. The Kier molecular flexibility index (Phi) is 3.38. The molecule has 0 unspecified atom stereocenters. The van der Waals surface area contributed by atoms with E-state index in [-0.39, 0.29) is 11.6 Å². The SMILES string of the molecule is O=c1nc2n(c3sc4c(c13)CCCC4)[C@H](c1ccccc1)C=CS2. The van der Waals surface area contributed by atoms with Gasteiger partial charge < -0.3 is 4.57 Å². The molecule has 0 spiro atoms. The lowest BCUT2D eigenvalue weighted by atomic mass is 9.97. The lowest BCUT2D eigenvalue weighted by molar-refractivity contribution is 0.626. The summed E-state index contributed by atoms with van der Waals surface area (Å²) in [6.45, 7) is 0. The van der Waals surface area contributed by atoms with Crippen LogP contribution in [-0.2, 0) is 12.8 Å². The van der Waals surface area contributed by atoms with Crippen molar-refractivity contribution in [2.75, 3.05) is 0 Å². The van der Waals surface area contributed by atoms with Crippen molar-refractivity contribution in [3.63, 3.8) is 0 Å². The second-order valence-corrected chi connectivity index (χ2v) is 8.22. The van der Waals surface area contributed by atoms with Gasteiger partial charge in [0.1, 0.15) is 4.83 Å². The highest BCUT2D eigenvalue weighted by molar-refractivity contribution is 8.02. The van der Waals surface area contributed by atoms with Crippen molar-refractivity contribution in [2.24, 2.45) is 0 Å². The van der Waals surface area contributed by atoms with Gasteiger partial charge in [-0.1, -0.05) is 48.2 Å². The Morgan fingerprint density at radius 1 is 1.12 bits per heavy atom. The Balaban J connectivity index is 1.83. The zero-order chi connectivity index (χ0) is 16.1. The van der Waals surface area contributed by atoms with Crippen LogP contribution in [0.2, 0.25) is 0 Å². The van der Waals surface area contributed by atoms with Crippen LogP contribution in [-0.4, -0.2) is 9.55 Å². The van der Waals surface area contributed by atoms with E-state index < -0.39 is 0 Å². The minimum Gasteiger partial charge on any atom is -0.300 e. The van der Waals surface area contributed by atoms with Gasteiger partial charge >= 0.3 is 0 Å². The van der Waals surface area contributed by atoms with Crippen molar-refractivity contribution < 1.29 is 0 Å². The van der Waals surface area contributed by atoms with Crippen LogP contribution in [0.5, 0.6) is 0 Å². The summed E-state index contributed by atoms with van der Waals surface area (Å²) < 4.78 is 2.26. The van der Waals surface area contributed by atoms with Crippen LogP contribution in [0.1, 0.15) is 34.9 Å². The maximum absolute atomic E-state index is 12.7. The molecule has 3 nitrogen and oxygen atoms in total. The average molecular weight is 352 g/mol. The lowest BCUT2D eigenvalue weighted by Gasteiger charge is -2.24. The van der Waals surface area contributed by atoms with Crippen molar-refractivity contribution in [2.45, 2.75) is 36.9 Å². The molecule has 5 rings (SSSR count). The third-order valence-electron chi connectivity index (χ3n) is 4.84. The number of fused-ring (bicyclic) bond motifs is 5. The van der Waals surface area contributed by atoms with Crippen molar-refractivity contribution in [3.8, 4) is 0 Å². The summed E-state index contributed by atoms with van der Waals surface area (Å²) in [5, 5.41) is 3.73. The van der Waals surface area contributed by atoms with Gasteiger partial charge in [0.2, 0.25) is 0 Å². The van der Waals surface area contributed by atoms with Crippen molar-refractivity contribution >= 4 is 33.3 Å². The molecule has 120 valence electrons. The van der Waals surface area contributed by atoms with Crippen molar-refractivity contribution in [1.82, 2.24) is 9.55 Å². The number of hydrogen-bond acceptors (Lipinski definition) is 4. The Hall–Kier alpha value is -1.85. The van der Waals surface area contributed by atoms with Crippen molar-refractivity contribution in [1.29, 1.82) is 0 Å². The zero-order valence-corrected chi connectivity index (χ0v) is 14.7. The maximum Gasteiger partial charge on any atom is 0.282 e. The molecule has 3 heterocycles. The number of rotatable bonds is 1. The average Bonchev–Trinajstić information content (AvgIpc) is 3.02. The molecule has 3 aromatic rings. The molecule has 0 amide bonds. The van der Waals surface area contributed by atoms with E-state index in [1.54, 1.807) is 23.1 Å². The van der Waals surface area contributed by atoms with Gasteiger partial charge in [-0.15, -0.1) is 11.3 Å². The third kappa shape index (κ3) is 2.11. The first-order valence-corrected chi connectivity index (χ1v) is 9.97. The van der Waals surface area contributed by atoms with Crippen LogP contribution < -0.4 is 5.56 Å². The molecule has 0 saturated heterocycles. The molecule has 0 bridgehead atoms. The van der Waals surface area contributed by atoms with Gasteiger partial charge in [-0.2, -0.15) is 4.98 Å². The minimum absolute atomic E-state index is 0.0507. The third-order valence-corrected chi connectivity index (χ3v) is 6.93. The fourth-order valence-electron chi connectivity index (χ4n) is 3.72. The van der Waals surface area contributed by atoms with E-state index in [1.807, 2.05) is 6.07 Å². The van der Waals surface area contributed by atoms with E-state index in [9.17, 15) is 4.79 Å². The van der Waals surface area contributed by atoms with Crippen LogP contribution in [0, 0.1) is 0 Å². The molecule has 0 saturated carbocycles. The highest BCUT2D eigenvalue weighted by atomic mass is 32.2. The van der Waals surface area contributed by atoms with Crippen LogP contribution >= 0.6 is 23.1 Å². The van der Waals surface area contributed by atoms with E-state index in [0.717, 1.165) is 28.2 Å². The summed E-state index contributed by atoms with van der Waals surface area (Å²) in [6.07, 6.45) is 6.73. The lowest BCUT2D eigenvalue weighted by Crippen LogP contribution is -2.20. The largest absolute Gasteiger partial charge is 0.300 e. The number of thioether (sulfide) groups is 1. The quantitative estimate of drug-likeness (QED) is 0.603. The molecule has 1 atom stereocenters. The molecule has 0 radical (unpaired) electrons. The predicted octanol–water partition coefficient (Wildman–Crippen LogP) is 4.55. The fourth-order valence-corrected chi connectivity index (χ4v) is 6.00. The van der Waals surface area contributed by atoms with Crippen molar-refractivity contribution in [3.05, 3.63) is 68.2 Å². The molecule has 1 aliphatic carbocycles. The Bertz CT molecular complexity index is 1020. The molecule has 1 aliphatic heterocycles. The first-order chi connectivity index (χ1) is 11.8. The summed E-state index contributed by atoms with van der Waals surface area (Å²) in [5.74, 6) is 0. The van der Waals surface area contributed by atoms with E-state index >= 15 is 0 Å². The second-order valence-electron chi connectivity index (χ2n) is 6.26.